The van der Waals surface area contributed by atoms with E-state index in [0.717, 1.165) is 11.1 Å². The number of nitrogens with one attached hydrogen (secondary N) is 2. The number of nitrogens with zero attached hydrogens (tertiary/aromatic N) is 2. The fourth-order valence-corrected chi connectivity index (χ4v) is 3.08. The lowest BCUT2D eigenvalue weighted by Gasteiger charge is -2.12. The zero-order chi connectivity index (χ0) is 20.3. The lowest BCUT2D eigenvalue weighted by atomic mass is 10.1. The molecule has 0 bridgehead atoms. The topological polar surface area (TPSA) is 84.0 Å². The highest BCUT2D eigenvalue weighted by Crippen LogP contribution is 2.29. The molecule has 3 rings (SSSR count). The predicted molar refractivity (Wildman–Crippen MR) is 111 cm³/mol. The largest absolute Gasteiger partial charge is 0.323 e. The molecule has 142 valence electrons. The number of hydrogen-bond acceptors (Lipinski definition) is 5. The number of carbonyl (C=O) groups excluding carboxylic acids is 2. The van der Waals surface area contributed by atoms with Gasteiger partial charge in [-0.3, -0.25) is 9.59 Å². The van der Waals surface area contributed by atoms with Crippen LogP contribution in [0.4, 0.5) is 17.3 Å². The maximum absolute atomic E-state index is 12.5. The predicted octanol–water partition coefficient (Wildman–Crippen LogP) is 4.95. The molecule has 1 amide bonds. The van der Waals surface area contributed by atoms with Crippen LogP contribution in [0, 0.1) is 13.8 Å². The van der Waals surface area contributed by atoms with Crippen molar-refractivity contribution in [2.24, 2.45) is 0 Å². The van der Waals surface area contributed by atoms with E-state index in [1.54, 1.807) is 24.3 Å². The van der Waals surface area contributed by atoms with Crippen LogP contribution in [-0.2, 0) is 0 Å². The lowest BCUT2D eigenvalue weighted by molar-refractivity contribution is 0.101. The summed E-state index contributed by atoms with van der Waals surface area (Å²) < 4.78 is 0. The molecule has 0 aliphatic rings. The van der Waals surface area contributed by atoms with E-state index in [-0.39, 0.29) is 23.3 Å². The Kier molecular flexibility index (Phi) is 5.70. The fraction of sp³-hybridized carbons (Fsp3) is 0.143. The second kappa shape index (κ2) is 8.19. The van der Waals surface area contributed by atoms with Crippen molar-refractivity contribution in [3.63, 3.8) is 0 Å². The summed E-state index contributed by atoms with van der Waals surface area (Å²) in [7, 11) is 0. The molecule has 0 atom stereocenters. The average Bonchev–Trinajstić information content (AvgIpc) is 2.65. The third kappa shape index (κ3) is 4.53. The van der Waals surface area contributed by atoms with Gasteiger partial charge in [-0.1, -0.05) is 17.7 Å². The van der Waals surface area contributed by atoms with Crippen LogP contribution >= 0.6 is 11.6 Å². The van der Waals surface area contributed by atoms with E-state index in [1.807, 2.05) is 26.0 Å². The molecular formula is C21H19ClN4O2. The van der Waals surface area contributed by atoms with E-state index < -0.39 is 0 Å². The third-order valence-corrected chi connectivity index (χ3v) is 4.40. The number of halogens is 1. The minimum atomic E-state index is -0.382. The minimum Gasteiger partial charge on any atom is -0.323 e. The van der Waals surface area contributed by atoms with Crippen molar-refractivity contribution in [1.29, 1.82) is 0 Å². The first-order chi connectivity index (χ1) is 13.3. The number of amides is 1. The van der Waals surface area contributed by atoms with Crippen molar-refractivity contribution in [3.8, 4) is 0 Å². The molecule has 1 heterocycles. The zero-order valence-electron chi connectivity index (χ0n) is 15.7. The quantitative estimate of drug-likeness (QED) is 0.598. The van der Waals surface area contributed by atoms with Gasteiger partial charge in [-0.2, -0.15) is 0 Å². The van der Waals surface area contributed by atoms with Crippen LogP contribution < -0.4 is 10.6 Å². The molecule has 28 heavy (non-hydrogen) atoms. The Balaban J connectivity index is 1.77. The van der Waals surface area contributed by atoms with Crippen molar-refractivity contribution in [1.82, 2.24) is 9.97 Å². The standard InChI is InChI=1S/C21H19ClN4O2/c1-12-10-13(2)19(17(22)11-12)26-21-23-9-8-18(25-21)20(28)24-16-6-4-15(5-7-16)14(3)27/h4-11H,1-3H3,(H,24,28)(H,23,25,26). The summed E-state index contributed by atoms with van der Waals surface area (Å²) in [6.45, 7) is 5.39. The van der Waals surface area contributed by atoms with Crippen molar-refractivity contribution in [3.05, 3.63) is 76.1 Å². The molecule has 2 N–H and O–H groups in total. The van der Waals surface area contributed by atoms with Crippen LogP contribution in [0.1, 0.15) is 38.9 Å². The SMILES string of the molecule is CC(=O)c1ccc(NC(=O)c2ccnc(Nc3c(C)cc(C)cc3Cl)n2)cc1. The molecule has 1 aromatic heterocycles. The summed E-state index contributed by atoms with van der Waals surface area (Å²) in [5, 5.41) is 6.38. The molecule has 0 spiro atoms. The molecule has 0 aliphatic carbocycles. The number of aryl methyl sites for hydroxylation is 2. The van der Waals surface area contributed by atoms with Crippen LogP contribution in [0.2, 0.25) is 5.02 Å². The number of Topliss-reactive ketones (excluding diaryl/α,β-unsaturated/α-hetero) is 1. The van der Waals surface area contributed by atoms with Gasteiger partial charge in [-0.25, -0.2) is 9.97 Å². The van der Waals surface area contributed by atoms with Gasteiger partial charge >= 0.3 is 0 Å². The van der Waals surface area contributed by atoms with Gasteiger partial charge in [-0.05, 0) is 68.3 Å². The molecule has 0 saturated carbocycles. The van der Waals surface area contributed by atoms with E-state index in [9.17, 15) is 9.59 Å². The monoisotopic (exact) mass is 394 g/mol. The molecule has 0 radical (unpaired) electrons. The first-order valence-electron chi connectivity index (χ1n) is 8.62. The Morgan fingerprint density at radius 2 is 1.75 bits per heavy atom. The van der Waals surface area contributed by atoms with Crippen LogP contribution in [0.5, 0.6) is 0 Å². The number of anilines is 3. The van der Waals surface area contributed by atoms with Gasteiger partial charge in [0.15, 0.2) is 5.78 Å². The zero-order valence-corrected chi connectivity index (χ0v) is 16.5. The number of aromatic nitrogens is 2. The molecule has 0 aliphatic heterocycles. The first-order valence-corrected chi connectivity index (χ1v) is 9.00. The molecule has 7 heteroatoms. The van der Waals surface area contributed by atoms with Gasteiger partial charge < -0.3 is 10.6 Å². The summed E-state index contributed by atoms with van der Waals surface area (Å²) >= 11 is 6.31. The van der Waals surface area contributed by atoms with Gasteiger partial charge in [0.2, 0.25) is 5.95 Å². The minimum absolute atomic E-state index is 0.0329. The molecule has 2 aromatic carbocycles. The van der Waals surface area contributed by atoms with Gasteiger partial charge in [-0.15, -0.1) is 0 Å². The summed E-state index contributed by atoms with van der Waals surface area (Å²) in [5.74, 6) is -0.143. The number of ketones is 1. The summed E-state index contributed by atoms with van der Waals surface area (Å²) in [6.07, 6.45) is 1.50. The van der Waals surface area contributed by atoms with Gasteiger partial charge in [0.1, 0.15) is 5.69 Å². The van der Waals surface area contributed by atoms with Crippen molar-refractivity contribution in [2.45, 2.75) is 20.8 Å². The first kappa shape index (κ1) is 19.5. The Labute approximate surface area is 168 Å². The highest BCUT2D eigenvalue weighted by atomic mass is 35.5. The summed E-state index contributed by atoms with van der Waals surface area (Å²) in [6, 6.07) is 12.0. The van der Waals surface area contributed by atoms with Crippen molar-refractivity contribution in [2.75, 3.05) is 10.6 Å². The maximum Gasteiger partial charge on any atom is 0.274 e. The van der Waals surface area contributed by atoms with Crippen LogP contribution in [0.3, 0.4) is 0 Å². The lowest BCUT2D eigenvalue weighted by Crippen LogP contribution is -2.15. The molecule has 0 saturated heterocycles. The van der Waals surface area contributed by atoms with Crippen LogP contribution in [0.15, 0.2) is 48.7 Å². The van der Waals surface area contributed by atoms with E-state index in [2.05, 4.69) is 20.6 Å². The maximum atomic E-state index is 12.5. The molecule has 6 nitrogen and oxygen atoms in total. The van der Waals surface area contributed by atoms with E-state index in [1.165, 1.54) is 19.2 Å². The van der Waals surface area contributed by atoms with E-state index in [4.69, 9.17) is 11.6 Å². The Bertz CT molecular complexity index is 1030. The van der Waals surface area contributed by atoms with E-state index in [0.29, 0.717) is 22.0 Å². The molecule has 3 aromatic rings. The van der Waals surface area contributed by atoms with Crippen LogP contribution in [-0.4, -0.2) is 21.7 Å². The summed E-state index contributed by atoms with van der Waals surface area (Å²) in [5.41, 5.74) is 4.06. The Morgan fingerprint density at radius 3 is 2.39 bits per heavy atom. The van der Waals surface area contributed by atoms with Gasteiger partial charge in [0.25, 0.3) is 5.91 Å². The average molecular weight is 395 g/mol. The highest BCUT2D eigenvalue weighted by molar-refractivity contribution is 6.33. The normalized spacial score (nSPS) is 10.4. The summed E-state index contributed by atoms with van der Waals surface area (Å²) in [4.78, 5) is 32.3. The van der Waals surface area contributed by atoms with Crippen molar-refractivity contribution >= 4 is 40.6 Å². The molecule has 0 fully saturated rings. The number of benzene rings is 2. The third-order valence-electron chi connectivity index (χ3n) is 4.11. The molecular weight excluding hydrogens is 376 g/mol. The van der Waals surface area contributed by atoms with Crippen LogP contribution in [0.25, 0.3) is 0 Å². The Morgan fingerprint density at radius 1 is 1.04 bits per heavy atom. The van der Waals surface area contributed by atoms with Gasteiger partial charge in [0, 0.05) is 17.4 Å². The second-order valence-corrected chi connectivity index (χ2v) is 6.82. The fourth-order valence-electron chi connectivity index (χ4n) is 2.71. The van der Waals surface area contributed by atoms with Gasteiger partial charge in [0.05, 0.1) is 10.7 Å². The smallest absolute Gasteiger partial charge is 0.274 e. The number of rotatable bonds is 5. The number of hydrogen-bond donors (Lipinski definition) is 2. The number of carbonyl (C=O) groups is 2. The Hall–Kier alpha value is -3.25. The van der Waals surface area contributed by atoms with Crippen molar-refractivity contribution < 1.29 is 9.59 Å². The second-order valence-electron chi connectivity index (χ2n) is 6.42. The van der Waals surface area contributed by atoms with E-state index >= 15 is 0 Å². The highest BCUT2D eigenvalue weighted by Gasteiger charge is 2.12. The molecule has 0 unspecified atom stereocenters.